The first-order chi connectivity index (χ1) is 6.82. The summed E-state index contributed by atoms with van der Waals surface area (Å²) in [6.07, 6.45) is 1.60. The molecule has 2 N–H and O–H groups in total. The Hall–Kier alpha value is -1.39. The fourth-order valence-corrected chi connectivity index (χ4v) is 1.09. The van der Waals surface area contributed by atoms with Crippen LogP contribution in [0.2, 0.25) is 0 Å². The third kappa shape index (κ3) is 2.78. The average molecular weight is 216 g/mol. The van der Waals surface area contributed by atoms with E-state index in [9.17, 15) is 13.6 Å². The highest BCUT2D eigenvalue weighted by Crippen LogP contribution is 2.17. The number of carbonyl (C=O) groups excluding carboxylic acids is 1. The number of carbonyl (C=O) groups is 1. The number of nitrogens with one attached hydrogen (secondary N) is 2. The first-order valence-corrected chi connectivity index (χ1v) is 4.65. The van der Waals surface area contributed by atoms with Gasteiger partial charge in [-0.3, -0.25) is 4.79 Å². The number of aromatic nitrogens is 1. The molecule has 5 heteroatoms. The van der Waals surface area contributed by atoms with Crippen molar-refractivity contribution in [3.8, 4) is 0 Å². The van der Waals surface area contributed by atoms with Crippen molar-refractivity contribution in [2.45, 2.75) is 32.7 Å². The molecule has 0 radical (unpaired) electrons. The Labute approximate surface area is 86.9 Å². The Morgan fingerprint density at radius 3 is 2.60 bits per heavy atom. The lowest BCUT2D eigenvalue weighted by atomic mass is 10.2. The summed E-state index contributed by atoms with van der Waals surface area (Å²) in [5.41, 5.74) is 1.06. The standard InChI is InChI=1S/C10H14F2N2O/c1-6-4-5-13-8(6)9(15)14-7(2)10(3,11)12/h4-5,7,13H,1-3H3,(H,14,15)/t7-/m1/s1. The van der Waals surface area contributed by atoms with Gasteiger partial charge in [-0.15, -0.1) is 0 Å². The molecule has 1 aromatic heterocycles. The van der Waals surface area contributed by atoms with Crippen LogP contribution in [0.1, 0.15) is 29.9 Å². The Bertz CT molecular complexity index is 355. The van der Waals surface area contributed by atoms with E-state index in [0.29, 0.717) is 5.69 Å². The summed E-state index contributed by atoms with van der Waals surface area (Å²) < 4.78 is 25.6. The molecule has 0 aliphatic rings. The number of hydrogen-bond acceptors (Lipinski definition) is 1. The molecule has 0 saturated heterocycles. The van der Waals surface area contributed by atoms with Crippen LogP contribution in [0.15, 0.2) is 12.3 Å². The molecular weight excluding hydrogens is 202 g/mol. The maximum absolute atomic E-state index is 12.8. The van der Waals surface area contributed by atoms with E-state index in [1.54, 1.807) is 19.2 Å². The first-order valence-electron chi connectivity index (χ1n) is 4.65. The highest BCUT2D eigenvalue weighted by molar-refractivity contribution is 5.94. The third-order valence-electron chi connectivity index (χ3n) is 2.29. The Morgan fingerprint density at radius 1 is 1.60 bits per heavy atom. The van der Waals surface area contributed by atoms with Crippen LogP contribution in [0, 0.1) is 6.92 Å². The van der Waals surface area contributed by atoms with E-state index in [4.69, 9.17) is 0 Å². The molecule has 0 spiro atoms. The summed E-state index contributed by atoms with van der Waals surface area (Å²) in [5.74, 6) is -3.43. The number of rotatable bonds is 3. The molecule has 0 fully saturated rings. The number of H-pyrrole nitrogens is 1. The average Bonchev–Trinajstić information content (AvgIpc) is 2.49. The number of aromatic amines is 1. The van der Waals surface area contributed by atoms with Gasteiger partial charge in [0.1, 0.15) is 5.69 Å². The Morgan fingerprint density at radius 2 is 2.20 bits per heavy atom. The van der Waals surface area contributed by atoms with Crippen LogP contribution in [0.3, 0.4) is 0 Å². The van der Waals surface area contributed by atoms with Crippen molar-refractivity contribution >= 4 is 5.91 Å². The van der Waals surface area contributed by atoms with E-state index in [-0.39, 0.29) is 0 Å². The van der Waals surface area contributed by atoms with Crippen molar-refractivity contribution in [2.24, 2.45) is 0 Å². The lowest BCUT2D eigenvalue weighted by Crippen LogP contribution is -2.44. The zero-order valence-corrected chi connectivity index (χ0v) is 8.90. The van der Waals surface area contributed by atoms with Crippen LogP contribution >= 0.6 is 0 Å². The van der Waals surface area contributed by atoms with Crippen molar-refractivity contribution in [1.82, 2.24) is 10.3 Å². The molecule has 1 heterocycles. The molecule has 0 aliphatic heterocycles. The van der Waals surface area contributed by atoms with Crippen molar-refractivity contribution in [1.29, 1.82) is 0 Å². The molecule has 0 bridgehead atoms. The number of alkyl halides is 2. The third-order valence-corrected chi connectivity index (χ3v) is 2.29. The molecule has 3 nitrogen and oxygen atoms in total. The second kappa shape index (κ2) is 4.00. The van der Waals surface area contributed by atoms with Gasteiger partial charge in [-0.05, 0) is 25.5 Å². The number of halogens is 2. The van der Waals surface area contributed by atoms with E-state index < -0.39 is 17.9 Å². The first kappa shape index (κ1) is 11.7. The van der Waals surface area contributed by atoms with E-state index in [2.05, 4.69) is 10.3 Å². The second-order valence-electron chi connectivity index (χ2n) is 3.69. The highest BCUT2D eigenvalue weighted by Gasteiger charge is 2.31. The molecule has 1 aromatic rings. The summed E-state index contributed by atoms with van der Waals surface area (Å²) in [7, 11) is 0. The van der Waals surface area contributed by atoms with Crippen molar-refractivity contribution in [2.75, 3.05) is 0 Å². The summed E-state index contributed by atoms with van der Waals surface area (Å²) in [5, 5.41) is 2.24. The van der Waals surface area contributed by atoms with Gasteiger partial charge in [0, 0.05) is 13.1 Å². The minimum absolute atomic E-state index is 0.325. The number of aryl methyl sites for hydroxylation is 1. The van der Waals surface area contributed by atoms with Gasteiger partial charge in [-0.25, -0.2) is 8.78 Å². The van der Waals surface area contributed by atoms with E-state index in [1.807, 2.05) is 0 Å². The second-order valence-corrected chi connectivity index (χ2v) is 3.69. The van der Waals surface area contributed by atoms with Crippen molar-refractivity contribution in [3.05, 3.63) is 23.5 Å². The predicted octanol–water partition coefficient (Wildman–Crippen LogP) is 2.10. The Kier molecular flexibility index (Phi) is 3.12. The van der Waals surface area contributed by atoms with Crippen LogP contribution in [0.5, 0.6) is 0 Å². The summed E-state index contributed by atoms with van der Waals surface area (Å²) >= 11 is 0. The van der Waals surface area contributed by atoms with E-state index >= 15 is 0 Å². The monoisotopic (exact) mass is 216 g/mol. The van der Waals surface area contributed by atoms with Gasteiger partial charge >= 0.3 is 0 Å². The van der Waals surface area contributed by atoms with Crippen LogP contribution in [-0.2, 0) is 0 Å². The molecular formula is C10H14F2N2O. The Balaban J connectivity index is 2.69. The number of amides is 1. The number of hydrogen-bond donors (Lipinski definition) is 2. The smallest absolute Gasteiger partial charge is 0.268 e. The van der Waals surface area contributed by atoms with E-state index in [0.717, 1.165) is 12.5 Å². The van der Waals surface area contributed by atoms with Gasteiger partial charge < -0.3 is 10.3 Å². The maximum Gasteiger partial charge on any atom is 0.268 e. The molecule has 1 amide bonds. The fourth-order valence-electron chi connectivity index (χ4n) is 1.09. The molecule has 0 saturated carbocycles. The van der Waals surface area contributed by atoms with Gasteiger partial charge in [0.05, 0.1) is 6.04 Å². The molecule has 1 rings (SSSR count). The normalized spacial score (nSPS) is 13.7. The molecule has 1 atom stereocenters. The lowest BCUT2D eigenvalue weighted by molar-refractivity contribution is -0.0108. The van der Waals surface area contributed by atoms with Crippen LogP contribution < -0.4 is 5.32 Å². The van der Waals surface area contributed by atoms with Crippen molar-refractivity contribution in [3.63, 3.8) is 0 Å². The summed E-state index contributed by atoms with van der Waals surface area (Å²) in [4.78, 5) is 14.2. The van der Waals surface area contributed by atoms with Crippen molar-refractivity contribution < 1.29 is 13.6 Å². The zero-order valence-electron chi connectivity index (χ0n) is 8.90. The zero-order chi connectivity index (χ0) is 11.6. The minimum atomic E-state index is -2.92. The molecule has 0 unspecified atom stereocenters. The molecule has 0 aliphatic carbocycles. The minimum Gasteiger partial charge on any atom is -0.357 e. The summed E-state index contributed by atoms with van der Waals surface area (Å²) in [6.45, 7) is 3.79. The van der Waals surface area contributed by atoms with E-state index in [1.165, 1.54) is 6.92 Å². The van der Waals surface area contributed by atoms with Gasteiger partial charge in [-0.2, -0.15) is 0 Å². The quantitative estimate of drug-likeness (QED) is 0.798. The maximum atomic E-state index is 12.8. The van der Waals surface area contributed by atoms with Gasteiger partial charge in [0.15, 0.2) is 0 Å². The molecule has 0 aromatic carbocycles. The summed E-state index contributed by atoms with van der Waals surface area (Å²) in [6, 6.07) is 0.525. The predicted molar refractivity (Wildman–Crippen MR) is 53.1 cm³/mol. The largest absolute Gasteiger partial charge is 0.357 e. The van der Waals surface area contributed by atoms with Gasteiger partial charge in [-0.1, -0.05) is 0 Å². The van der Waals surface area contributed by atoms with Crippen LogP contribution in [0.25, 0.3) is 0 Å². The van der Waals surface area contributed by atoms with Crippen LogP contribution in [-0.4, -0.2) is 22.9 Å². The highest BCUT2D eigenvalue weighted by atomic mass is 19.3. The van der Waals surface area contributed by atoms with Gasteiger partial charge in [0.25, 0.3) is 11.8 Å². The van der Waals surface area contributed by atoms with Crippen LogP contribution in [0.4, 0.5) is 8.78 Å². The molecule has 84 valence electrons. The fraction of sp³-hybridized carbons (Fsp3) is 0.500. The lowest BCUT2D eigenvalue weighted by Gasteiger charge is -2.20. The SMILES string of the molecule is Cc1cc[nH]c1C(=O)N[C@H](C)C(C)(F)F. The van der Waals surface area contributed by atoms with Gasteiger partial charge in [0.2, 0.25) is 0 Å². The molecule has 15 heavy (non-hydrogen) atoms. The topological polar surface area (TPSA) is 44.9 Å².